The number of halogens is 2. The molecule has 70 valence electrons. The van der Waals surface area contributed by atoms with Gasteiger partial charge in [0.05, 0.1) is 17.7 Å². The van der Waals surface area contributed by atoms with Gasteiger partial charge >= 0.3 is 0 Å². The van der Waals surface area contributed by atoms with E-state index in [9.17, 15) is 9.18 Å². The van der Waals surface area contributed by atoms with Crippen LogP contribution in [0.4, 0.5) is 4.39 Å². The lowest BCUT2D eigenvalue weighted by atomic mass is 10.2. The van der Waals surface area contributed by atoms with E-state index in [2.05, 4.69) is 4.74 Å². The van der Waals surface area contributed by atoms with Crippen molar-refractivity contribution in [2.24, 2.45) is 5.73 Å². The van der Waals surface area contributed by atoms with Gasteiger partial charge < -0.3 is 10.5 Å². The number of rotatable bonds is 2. The van der Waals surface area contributed by atoms with E-state index in [0.717, 1.165) is 0 Å². The predicted octanol–water partition coefficient (Wildman–Crippen LogP) is 1.59. The summed E-state index contributed by atoms with van der Waals surface area (Å²) in [6.07, 6.45) is 0. The molecule has 0 unspecified atom stereocenters. The number of carbonyl (C=O) groups excluding carboxylic acids is 1. The van der Waals surface area contributed by atoms with Crippen LogP contribution in [0.3, 0.4) is 0 Å². The molecule has 0 radical (unpaired) electrons. The minimum atomic E-state index is -0.854. The van der Waals surface area contributed by atoms with Gasteiger partial charge in [-0.05, 0) is 12.1 Å². The van der Waals surface area contributed by atoms with Crippen LogP contribution in [0.2, 0.25) is 5.02 Å². The Hall–Kier alpha value is -1.29. The van der Waals surface area contributed by atoms with E-state index < -0.39 is 11.7 Å². The Morgan fingerprint density at radius 1 is 1.62 bits per heavy atom. The summed E-state index contributed by atoms with van der Waals surface area (Å²) in [5.41, 5.74) is 4.68. The van der Waals surface area contributed by atoms with Gasteiger partial charge in [-0.3, -0.25) is 4.79 Å². The molecule has 0 aromatic heterocycles. The molecule has 1 amide bonds. The summed E-state index contributed by atoms with van der Waals surface area (Å²) in [5.74, 6) is -1.85. The zero-order valence-electron chi connectivity index (χ0n) is 6.80. The number of nitrogens with two attached hydrogens (primary N) is 1. The lowest BCUT2D eigenvalue weighted by molar-refractivity contribution is 0.0995. The first-order valence-corrected chi connectivity index (χ1v) is 3.77. The van der Waals surface area contributed by atoms with Gasteiger partial charge in [-0.2, -0.15) is 0 Å². The summed E-state index contributed by atoms with van der Waals surface area (Å²) in [5, 5.41) is 0.102. The van der Waals surface area contributed by atoms with Crippen LogP contribution in [-0.2, 0) is 0 Å². The minimum Gasteiger partial charge on any atom is -0.492 e. The van der Waals surface area contributed by atoms with E-state index in [1.54, 1.807) is 0 Å². The number of methoxy groups -OCH3 is 1. The fourth-order valence-corrected chi connectivity index (χ4v) is 1.13. The van der Waals surface area contributed by atoms with Crippen LogP contribution in [0.5, 0.6) is 5.75 Å². The lowest BCUT2D eigenvalue weighted by Crippen LogP contribution is -2.13. The van der Waals surface area contributed by atoms with Crippen molar-refractivity contribution in [1.29, 1.82) is 0 Å². The van der Waals surface area contributed by atoms with E-state index in [1.165, 1.54) is 19.2 Å². The highest BCUT2D eigenvalue weighted by atomic mass is 35.5. The quantitative estimate of drug-likeness (QED) is 0.794. The molecule has 0 fully saturated rings. The fourth-order valence-electron chi connectivity index (χ4n) is 0.910. The molecule has 0 saturated heterocycles. The third kappa shape index (κ3) is 1.72. The fraction of sp³-hybridized carbons (Fsp3) is 0.125. The smallest absolute Gasteiger partial charge is 0.251 e. The summed E-state index contributed by atoms with van der Waals surface area (Å²) >= 11 is 5.59. The predicted molar refractivity (Wildman–Crippen MR) is 46.5 cm³/mol. The van der Waals surface area contributed by atoms with Crippen LogP contribution in [0, 0.1) is 5.82 Å². The number of carbonyl (C=O) groups is 1. The number of amides is 1. The normalized spacial score (nSPS) is 9.77. The van der Waals surface area contributed by atoms with Gasteiger partial charge in [-0.1, -0.05) is 11.6 Å². The zero-order chi connectivity index (χ0) is 10.0. The van der Waals surface area contributed by atoms with Crippen molar-refractivity contribution in [1.82, 2.24) is 0 Å². The molecule has 2 N–H and O–H groups in total. The number of ether oxygens (including phenoxy) is 1. The SMILES string of the molecule is COc1c(Cl)ccc(C(N)=O)c1F. The molecule has 13 heavy (non-hydrogen) atoms. The molecular weight excluding hydrogens is 197 g/mol. The highest BCUT2D eigenvalue weighted by Crippen LogP contribution is 2.29. The molecular formula is C8H7ClFNO2. The standard InChI is InChI=1S/C8H7ClFNO2/c1-13-7-5(9)3-2-4(6(7)10)8(11)12/h2-3H,1H3,(H2,11,12). The van der Waals surface area contributed by atoms with E-state index in [-0.39, 0.29) is 16.3 Å². The van der Waals surface area contributed by atoms with Crippen molar-refractivity contribution >= 4 is 17.5 Å². The summed E-state index contributed by atoms with van der Waals surface area (Å²) in [6, 6.07) is 2.56. The average molecular weight is 204 g/mol. The second kappa shape index (κ2) is 3.62. The van der Waals surface area contributed by atoms with E-state index >= 15 is 0 Å². The molecule has 0 atom stereocenters. The number of hydrogen-bond acceptors (Lipinski definition) is 2. The van der Waals surface area contributed by atoms with Crippen molar-refractivity contribution in [3.8, 4) is 5.75 Å². The van der Waals surface area contributed by atoms with E-state index in [4.69, 9.17) is 17.3 Å². The number of primary amides is 1. The lowest BCUT2D eigenvalue weighted by Gasteiger charge is -2.06. The van der Waals surface area contributed by atoms with Crippen LogP contribution in [0.15, 0.2) is 12.1 Å². The summed E-state index contributed by atoms with van der Waals surface area (Å²) in [4.78, 5) is 10.7. The first-order valence-electron chi connectivity index (χ1n) is 3.39. The molecule has 1 aromatic carbocycles. The molecule has 0 heterocycles. The maximum absolute atomic E-state index is 13.3. The van der Waals surface area contributed by atoms with Crippen LogP contribution in [0.25, 0.3) is 0 Å². The van der Waals surface area contributed by atoms with Crippen molar-refractivity contribution in [3.05, 3.63) is 28.5 Å². The maximum Gasteiger partial charge on any atom is 0.251 e. The molecule has 0 aliphatic carbocycles. The first-order chi connectivity index (χ1) is 6.07. The highest BCUT2D eigenvalue weighted by molar-refractivity contribution is 6.32. The third-order valence-corrected chi connectivity index (χ3v) is 1.82. The molecule has 0 spiro atoms. The van der Waals surface area contributed by atoms with Crippen molar-refractivity contribution in [3.63, 3.8) is 0 Å². The van der Waals surface area contributed by atoms with Crippen LogP contribution in [-0.4, -0.2) is 13.0 Å². The molecule has 0 saturated carbocycles. The van der Waals surface area contributed by atoms with Gasteiger partial charge in [0, 0.05) is 0 Å². The molecule has 1 rings (SSSR count). The van der Waals surface area contributed by atoms with Gasteiger partial charge in [0.25, 0.3) is 5.91 Å². The van der Waals surface area contributed by atoms with Crippen molar-refractivity contribution < 1.29 is 13.9 Å². The Morgan fingerprint density at radius 3 is 2.69 bits per heavy atom. The molecule has 5 heteroatoms. The second-order valence-corrected chi connectivity index (χ2v) is 2.71. The molecule has 3 nitrogen and oxygen atoms in total. The minimum absolute atomic E-state index is 0.102. The maximum atomic E-state index is 13.3. The highest BCUT2D eigenvalue weighted by Gasteiger charge is 2.15. The van der Waals surface area contributed by atoms with Crippen LogP contribution in [0.1, 0.15) is 10.4 Å². The van der Waals surface area contributed by atoms with Crippen molar-refractivity contribution in [2.75, 3.05) is 7.11 Å². The van der Waals surface area contributed by atoms with Gasteiger partial charge in [0.2, 0.25) is 0 Å². The largest absolute Gasteiger partial charge is 0.492 e. The summed E-state index contributed by atoms with van der Waals surface area (Å²) in [7, 11) is 1.26. The molecule has 1 aromatic rings. The summed E-state index contributed by atoms with van der Waals surface area (Å²) < 4.78 is 17.9. The van der Waals surface area contributed by atoms with Gasteiger partial charge in [0.15, 0.2) is 11.6 Å². The second-order valence-electron chi connectivity index (χ2n) is 2.31. The van der Waals surface area contributed by atoms with Crippen LogP contribution >= 0.6 is 11.6 Å². The molecule has 0 aliphatic heterocycles. The van der Waals surface area contributed by atoms with E-state index in [0.29, 0.717) is 0 Å². The average Bonchev–Trinajstić information content (AvgIpc) is 2.04. The number of hydrogen-bond donors (Lipinski definition) is 1. The zero-order valence-corrected chi connectivity index (χ0v) is 7.56. The Kier molecular flexibility index (Phi) is 2.72. The Bertz CT molecular complexity index is 354. The molecule has 0 aliphatic rings. The Morgan fingerprint density at radius 2 is 2.23 bits per heavy atom. The molecule has 0 bridgehead atoms. The summed E-state index contributed by atoms with van der Waals surface area (Å²) in [6.45, 7) is 0. The topological polar surface area (TPSA) is 52.3 Å². The number of benzene rings is 1. The van der Waals surface area contributed by atoms with E-state index in [1.807, 2.05) is 0 Å². The van der Waals surface area contributed by atoms with Crippen molar-refractivity contribution in [2.45, 2.75) is 0 Å². The Labute approximate surface area is 79.2 Å². The Balaban J connectivity index is 3.35. The van der Waals surface area contributed by atoms with Gasteiger partial charge in [0.1, 0.15) is 0 Å². The van der Waals surface area contributed by atoms with Crippen LogP contribution < -0.4 is 10.5 Å². The third-order valence-electron chi connectivity index (χ3n) is 1.52. The monoisotopic (exact) mass is 203 g/mol. The van der Waals surface area contributed by atoms with Gasteiger partial charge in [-0.15, -0.1) is 0 Å². The first kappa shape index (κ1) is 9.80. The van der Waals surface area contributed by atoms with Gasteiger partial charge in [-0.25, -0.2) is 4.39 Å².